The third-order valence-electron chi connectivity index (χ3n) is 10.0. The molecule has 1 amide bonds. The summed E-state index contributed by atoms with van der Waals surface area (Å²) in [5.41, 5.74) is -0.380. The molecular weight excluding hydrogens is 522 g/mol. The molecule has 3 atom stereocenters. The second kappa shape index (κ2) is 10.7. The quantitative estimate of drug-likeness (QED) is 0.535. The van der Waals surface area contributed by atoms with Crippen molar-refractivity contribution >= 4 is 27.5 Å². The van der Waals surface area contributed by atoms with Crippen molar-refractivity contribution in [2.24, 2.45) is 11.3 Å². The molecule has 2 saturated carbocycles. The Balaban J connectivity index is 1.19. The molecule has 0 bridgehead atoms. The zero-order chi connectivity index (χ0) is 26.5. The van der Waals surface area contributed by atoms with Crippen molar-refractivity contribution in [2.45, 2.75) is 106 Å². The number of rotatable bonds is 7. The normalized spacial score (nSPS) is 31.3. The molecule has 3 aliphatic heterocycles. The number of carbonyl (C=O) groups excluding carboxylic acids is 1. The Kier molecular flexibility index (Phi) is 7.57. The largest absolute Gasteiger partial charge is 0.393 e. The van der Waals surface area contributed by atoms with Gasteiger partial charge in [-0.1, -0.05) is 18.0 Å². The number of piperidine rings is 3. The Morgan fingerprint density at radius 1 is 0.947 bits per heavy atom. The number of hydrogen-bond acceptors (Lipinski definition) is 5. The van der Waals surface area contributed by atoms with Crippen LogP contribution in [0, 0.1) is 11.3 Å². The molecule has 5 aliphatic rings. The standard InChI is InChI=1S/C29H42ClN3O4S/c30-22-6-8-25(9-7-22)38(36,37)33-26(21-4-5-21)18-24(34)19-27(33)29(12-13-29)20-28(35)32-16-10-23(11-17-32)31-14-2-1-3-15-31/h6-9,21,23-24,26-27,34H,1-5,10-20H2/t24-,26-,27+/m0/s1. The number of nitrogens with zero attached hydrogens (tertiary/aromatic N) is 3. The van der Waals surface area contributed by atoms with Gasteiger partial charge in [0.1, 0.15) is 0 Å². The summed E-state index contributed by atoms with van der Waals surface area (Å²) in [7, 11) is -3.80. The smallest absolute Gasteiger partial charge is 0.243 e. The minimum absolute atomic E-state index is 0.159. The van der Waals surface area contributed by atoms with Crippen LogP contribution in [-0.4, -0.2) is 83.9 Å². The van der Waals surface area contributed by atoms with Gasteiger partial charge in [0.25, 0.3) is 0 Å². The first-order chi connectivity index (χ1) is 18.3. The van der Waals surface area contributed by atoms with Crippen LogP contribution in [0.1, 0.15) is 77.0 Å². The Morgan fingerprint density at radius 2 is 1.61 bits per heavy atom. The summed E-state index contributed by atoms with van der Waals surface area (Å²) in [5, 5.41) is 11.4. The topological polar surface area (TPSA) is 81.2 Å². The van der Waals surface area contributed by atoms with Crippen molar-refractivity contribution in [1.29, 1.82) is 0 Å². The highest BCUT2D eigenvalue weighted by atomic mass is 35.5. The van der Waals surface area contributed by atoms with Crippen LogP contribution in [0.25, 0.3) is 0 Å². The number of benzene rings is 1. The van der Waals surface area contributed by atoms with E-state index in [2.05, 4.69) is 4.90 Å². The minimum Gasteiger partial charge on any atom is -0.393 e. The number of aliphatic hydroxyl groups excluding tert-OH is 1. The predicted molar refractivity (Wildman–Crippen MR) is 147 cm³/mol. The van der Waals surface area contributed by atoms with E-state index >= 15 is 0 Å². The van der Waals surface area contributed by atoms with Gasteiger partial charge >= 0.3 is 0 Å². The SMILES string of the molecule is O=C(CC1([C@H]2C[C@@H](O)C[C@@H](C3CC3)N2S(=O)(=O)c2ccc(Cl)cc2)CC1)N1CCC(N2CCCCC2)CC1. The molecule has 2 aliphatic carbocycles. The Bertz CT molecular complexity index is 1110. The van der Waals surface area contributed by atoms with Gasteiger partial charge in [-0.15, -0.1) is 0 Å². The number of hydrogen-bond donors (Lipinski definition) is 1. The third kappa shape index (κ3) is 5.40. The van der Waals surface area contributed by atoms with Crippen molar-refractivity contribution in [3.05, 3.63) is 29.3 Å². The molecule has 6 rings (SSSR count). The lowest BCUT2D eigenvalue weighted by atomic mass is 9.82. The molecule has 1 N–H and O–H groups in total. The van der Waals surface area contributed by atoms with Crippen molar-refractivity contribution in [1.82, 2.24) is 14.1 Å². The van der Waals surface area contributed by atoms with Gasteiger partial charge in [-0.25, -0.2) is 8.42 Å². The zero-order valence-electron chi connectivity index (χ0n) is 22.3. The van der Waals surface area contributed by atoms with Crippen molar-refractivity contribution in [3.63, 3.8) is 0 Å². The van der Waals surface area contributed by atoms with Crippen molar-refractivity contribution in [2.75, 3.05) is 26.2 Å². The van der Waals surface area contributed by atoms with E-state index in [-0.39, 0.29) is 34.2 Å². The number of halogens is 1. The lowest BCUT2D eigenvalue weighted by molar-refractivity contribution is -0.135. The fourth-order valence-electron chi connectivity index (χ4n) is 7.51. The first-order valence-electron chi connectivity index (χ1n) is 14.8. The Hall–Kier alpha value is -1.19. The molecular formula is C29H42ClN3O4S. The highest BCUT2D eigenvalue weighted by Crippen LogP contribution is 2.58. The molecule has 7 nitrogen and oxygen atoms in total. The van der Waals surface area contributed by atoms with Crippen LogP contribution < -0.4 is 0 Å². The second-order valence-corrected chi connectivity index (χ2v) is 14.9. The van der Waals surface area contributed by atoms with Crippen LogP contribution in [0.5, 0.6) is 0 Å². The highest BCUT2D eigenvalue weighted by molar-refractivity contribution is 7.89. The predicted octanol–water partition coefficient (Wildman–Crippen LogP) is 4.28. The van der Waals surface area contributed by atoms with E-state index in [0.29, 0.717) is 30.3 Å². The number of sulfonamides is 1. The number of likely N-dealkylation sites (tertiary alicyclic amines) is 2. The summed E-state index contributed by atoms with van der Waals surface area (Å²) in [6, 6.07) is 6.44. The van der Waals surface area contributed by atoms with Gasteiger partial charge < -0.3 is 14.9 Å². The maximum absolute atomic E-state index is 14.1. The average molecular weight is 564 g/mol. The first-order valence-corrected chi connectivity index (χ1v) is 16.6. The Labute approximate surface area is 232 Å². The van der Waals surface area contributed by atoms with E-state index in [1.807, 2.05) is 4.90 Å². The van der Waals surface area contributed by atoms with Crippen molar-refractivity contribution in [3.8, 4) is 0 Å². The number of amides is 1. The van der Waals surface area contributed by atoms with E-state index in [1.165, 1.54) is 32.4 Å². The van der Waals surface area contributed by atoms with E-state index in [0.717, 1.165) is 51.6 Å². The van der Waals surface area contributed by atoms with Crippen LogP contribution in [-0.2, 0) is 14.8 Å². The van der Waals surface area contributed by atoms with E-state index in [4.69, 9.17) is 11.6 Å². The lowest BCUT2D eigenvalue weighted by Gasteiger charge is -2.47. The molecule has 0 unspecified atom stereocenters. The molecule has 0 radical (unpaired) electrons. The van der Waals surface area contributed by atoms with Gasteiger partial charge in [-0.2, -0.15) is 4.31 Å². The molecule has 3 saturated heterocycles. The van der Waals surface area contributed by atoms with Crippen molar-refractivity contribution < 1.29 is 18.3 Å². The van der Waals surface area contributed by atoms with Gasteiger partial charge in [-0.05, 0) is 113 Å². The summed E-state index contributed by atoms with van der Waals surface area (Å²) in [6.45, 7) is 3.96. The van der Waals surface area contributed by atoms with E-state index in [1.54, 1.807) is 28.6 Å². The van der Waals surface area contributed by atoms with Gasteiger partial charge in [0.2, 0.25) is 15.9 Å². The van der Waals surface area contributed by atoms with Crippen LogP contribution in [0.2, 0.25) is 5.02 Å². The fraction of sp³-hybridized carbons (Fsp3) is 0.759. The van der Waals surface area contributed by atoms with Crippen LogP contribution >= 0.6 is 11.6 Å². The number of carbonyl (C=O) groups is 1. The Morgan fingerprint density at radius 3 is 2.21 bits per heavy atom. The molecule has 9 heteroatoms. The lowest BCUT2D eigenvalue weighted by Crippen LogP contribution is -2.58. The van der Waals surface area contributed by atoms with Gasteiger partial charge in [-0.3, -0.25) is 4.79 Å². The first kappa shape index (κ1) is 27.0. The maximum Gasteiger partial charge on any atom is 0.243 e. The van der Waals surface area contributed by atoms with Crippen LogP contribution in [0.4, 0.5) is 0 Å². The molecule has 5 fully saturated rings. The fourth-order valence-corrected chi connectivity index (χ4v) is 9.62. The molecule has 38 heavy (non-hydrogen) atoms. The average Bonchev–Trinajstić information content (AvgIpc) is 3.85. The maximum atomic E-state index is 14.1. The monoisotopic (exact) mass is 563 g/mol. The molecule has 0 spiro atoms. The van der Waals surface area contributed by atoms with Crippen LogP contribution in [0.15, 0.2) is 29.2 Å². The van der Waals surface area contributed by atoms with Crippen LogP contribution in [0.3, 0.4) is 0 Å². The minimum atomic E-state index is -3.80. The summed E-state index contributed by atoms with van der Waals surface area (Å²) < 4.78 is 30.0. The van der Waals surface area contributed by atoms with Gasteiger partial charge in [0.05, 0.1) is 11.0 Å². The number of aliphatic hydroxyl groups is 1. The third-order valence-corrected chi connectivity index (χ3v) is 12.2. The van der Waals surface area contributed by atoms with Gasteiger partial charge in [0.15, 0.2) is 0 Å². The van der Waals surface area contributed by atoms with E-state index < -0.39 is 16.1 Å². The molecule has 1 aromatic carbocycles. The summed E-state index contributed by atoms with van der Waals surface area (Å²) in [6.07, 6.45) is 10.3. The molecule has 1 aromatic rings. The zero-order valence-corrected chi connectivity index (χ0v) is 23.9. The highest BCUT2D eigenvalue weighted by Gasteiger charge is 2.60. The molecule has 210 valence electrons. The molecule has 0 aromatic heterocycles. The molecule has 3 heterocycles. The second-order valence-electron chi connectivity index (χ2n) is 12.6. The summed E-state index contributed by atoms with van der Waals surface area (Å²) in [4.78, 5) is 18.5. The summed E-state index contributed by atoms with van der Waals surface area (Å²) in [5.74, 6) is 0.446. The van der Waals surface area contributed by atoms with Gasteiger partial charge in [0, 0.05) is 42.7 Å². The summed E-state index contributed by atoms with van der Waals surface area (Å²) >= 11 is 6.06. The van der Waals surface area contributed by atoms with E-state index in [9.17, 15) is 18.3 Å².